The van der Waals surface area contributed by atoms with Crippen molar-refractivity contribution in [3.8, 4) is 17.2 Å². The Hall–Kier alpha value is -3.29. The molecule has 0 aliphatic carbocycles. The second-order valence-corrected chi connectivity index (χ2v) is 5.64. The van der Waals surface area contributed by atoms with E-state index in [9.17, 15) is 9.59 Å². The Labute approximate surface area is 157 Å². The molecule has 2 rings (SSSR count). The zero-order valence-corrected chi connectivity index (χ0v) is 15.8. The molecule has 0 bridgehead atoms. The van der Waals surface area contributed by atoms with Crippen LogP contribution in [0.25, 0.3) is 0 Å². The van der Waals surface area contributed by atoms with Crippen molar-refractivity contribution in [1.82, 2.24) is 9.99 Å². The minimum atomic E-state index is -0.589. The number of carbonyl (C=O) groups is 1. The SMILES string of the molecule is CCCOc1c(OC)cc(/C=N\NC(=O)c2cccn(C)c2=O)cc1OC. The van der Waals surface area contributed by atoms with Crippen LogP contribution in [0, 0.1) is 0 Å². The van der Waals surface area contributed by atoms with Gasteiger partial charge in [-0.05, 0) is 30.7 Å². The Kier molecular flexibility index (Phi) is 6.99. The highest BCUT2D eigenvalue weighted by Gasteiger charge is 2.14. The Morgan fingerprint density at radius 3 is 2.52 bits per heavy atom. The highest BCUT2D eigenvalue weighted by atomic mass is 16.5. The van der Waals surface area contributed by atoms with Gasteiger partial charge in [-0.1, -0.05) is 6.92 Å². The van der Waals surface area contributed by atoms with E-state index in [-0.39, 0.29) is 5.56 Å². The Morgan fingerprint density at radius 2 is 1.93 bits per heavy atom. The number of pyridine rings is 1. The Bertz CT molecular complexity index is 864. The molecule has 1 aromatic carbocycles. The highest BCUT2D eigenvalue weighted by Crippen LogP contribution is 2.38. The monoisotopic (exact) mass is 373 g/mol. The van der Waals surface area contributed by atoms with Crippen LogP contribution in [-0.2, 0) is 7.05 Å². The van der Waals surface area contributed by atoms with Crippen LogP contribution in [0.4, 0.5) is 0 Å². The summed E-state index contributed by atoms with van der Waals surface area (Å²) in [6.45, 7) is 2.53. The number of amides is 1. The number of hydrogen-bond acceptors (Lipinski definition) is 6. The van der Waals surface area contributed by atoms with Gasteiger partial charge in [-0.3, -0.25) is 9.59 Å². The minimum Gasteiger partial charge on any atom is -0.493 e. The van der Waals surface area contributed by atoms with Crippen molar-refractivity contribution in [3.63, 3.8) is 0 Å². The number of hydrazone groups is 1. The summed E-state index contributed by atoms with van der Waals surface area (Å²) < 4.78 is 17.7. The van der Waals surface area contributed by atoms with Gasteiger partial charge in [0, 0.05) is 18.8 Å². The number of methoxy groups -OCH3 is 2. The molecule has 0 fully saturated rings. The zero-order valence-electron chi connectivity index (χ0n) is 15.8. The number of aryl methyl sites for hydroxylation is 1. The molecule has 1 heterocycles. The van der Waals surface area contributed by atoms with Crippen LogP contribution in [0.5, 0.6) is 17.2 Å². The number of rotatable bonds is 8. The molecule has 27 heavy (non-hydrogen) atoms. The van der Waals surface area contributed by atoms with Gasteiger partial charge >= 0.3 is 0 Å². The smallest absolute Gasteiger partial charge is 0.276 e. The lowest BCUT2D eigenvalue weighted by Gasteiger charge is -2.14. The number of nitrogens with zero attached hydrogens (tertiary/aromatic N) is 2. The second kappa shape index (κ2) is 9.42. The molecule has 0 saturated carbocycles. The third-order valence-corrected chi connectivity index (χ3v) is 3.68. The first-order valence-electron chi connectivity index (χ1n) is 8.39. The summed E-state index contributed by atoms with van der Waals surface area (Å²) >= 11 is 0. The lowest BCUT2D eigenvalue weighted by atomic mass is 10.2. The van der Waals surface area contributed by atoms with Crippen LogP contribution in [0.3, 0.4) is 0 Å². The molecule has 2 aromatic rings. The first kappa shape index (κ1) is 20.0. The normalized spacial score (nSPS) is 10.7. The molecule has 1 amide bonds. The zero-order chi connectivity index (χ0) is 19.8. The summed E-state index contributed by atoms with van der Waals surface area (Å²) in [5, 5.41) is 3.91. The van der Waals surface area contributed by atoms with E-state index < -0.39 is 11.5 Å². The van der Waals surface area contributed by atoms with E-state index in [4.69, 9.17) is 14.2 Å². The summed E-state index contributed by atoms with van der Waals surface area (Å²) in [5.41, 5.74) is 2.59. The van der Waals surface area contributed by atoms with Crippen LogP contribution >= 0.6 is 0 Å². The van der Waals surface area contributed by atoms with Crippen LogP contribution in [-0.4, -0.2) is 37.5 Å². The van der Waals surface area contributed by atoms with E-state index in [1.807, 2.05) is 6.92 Å². The average Bonchev–Trinajstić information content (AvgIpc) is 2.68. The van der Waals surface area contributed by atoms with Crippen molar-refractivity contribution in [2.75, 3.05) is 20.8 Å². The van der Waals surface area contributed by atoms with Crippen molar-refractivity contribution in [3.05, 3.63) is 51.9 Å². The minimum absolute atomic E-state index is 0.00984. The van der Waals surface area contributed by atoms with E-state index in [1.54, 1.807) is 31.4 Å². The molecular formula is C19H23N3O5. The summed E-state index contributed by atoms with van der Waals surface area (Å²) in [6, 6.07) is 6.49. The number of hydrogen-bond donors (Lipinski definition) is 1. The second-order valence-electron chi connectivity index (χ2n) is 5.64. The molecule has 0 saturated heterocycles. The van der Waals surface area contributed by atoms with Crippen molar-refractivity contribution >= 4 is 12.1 Å². The van der Waals surface area contributed by atoms with Gasteiger partial charge in [0.15, 0.2) is 11.5 Å². The summed E-state index contributed by atoms with van der Waals surface area (Å²) in [6.07, 6.45) is 3.85. The van der Waals surface area contributed by atoms with Crippen molar-refractivity contribution < 1.29 is 19.0 Å². The molecule has 0 radical (unpaired) electrons. The van der Waals surface area contributed by atoms with E-state index in [2.05, 4.69) is 10.5 Å². The third kappa shape index (κ3) is 4.87. The van der Waals surface area contributed by atoms with Gasteiger partial charge in [0.1, 0.15) is 5.56 Å². The Morgan fingerprint density at radius 1 is 1.26 bits per heavy atom. The number of nitrogens with one attached hydrogen (secondary N) is 1. The van der Waals surface area contributed by atoms with Gasteiger partial charge in [-0.2, -0.15) is 5.10 Å². The van der Waals surface area contributed by atoms with Crippen molar-refractivity contribution in [2.24, 2.45) is 12.1 Å². The number of aromatic nitrogens is 1. The molecule has 0 aliphatic heterocycles. The van der Waals surface area contributed by atoms with E-state index in [1.165, 1.54) is 31.1 Å². The van der Waals surface area contributed by atoms with Gasteiger partial charge < -0.3 is 18.8 Å². The molecule has 1 aromatic heterocycles. The van der Waals surface area contributed by atoms with E-state index in [0.29, 0.717) is 29.4 Å². The molecule has 8 heteroatoms. The van der Waals surface area contributed by atoms with Crippen molar-refractivity contribution in [1.29, 1.82) is 0 Å². The maximum Gasteiger partial charge on any atom is 0.276 e. The molecule has 8 nitrogen and oxygen atoms in total. The van der Waals surface area contributed by atoms with Gasteiger partial charge in [0.2, 0.25) is 5.75 Å². The van der Waals surface area contributed by atoms with Crippen molar-refractivity contribution in [2.45, 2.75) is 13.3 Å². The molecule has 1 N–H and O–H groups in total. The first-order valence-corrected chi connectivity index (χ1v) is 8.39. The molecule has 144 valence electrons. The molecule has 0 unspecified atom stereocenters. The standard InChI is InChI=1S/C19H23N3O5/c1-5-9-27-17-15(25-3)10-13(11-16(17)26-4)12-20-21-18(23)14-7-6-8-22(2)19(14)24/h6-8,10-12H,5,9H2,1-4H3,(H,21,23)/b20-12-. The molecule has 0 aliphatic rings. The van der Waals surface area contributed by atoms with Gasteiger partial charge in [-0.25, -0.2) is 5.43 Å². The summed E-state index contributed by atoms with van der Waals surface area (Å²) in [5.74, 6) is 0.908. The molecule has 0 spiro atoms. The third-order valence-electron chi connectivity index (χ3n) is 3.68. The number of benzene rings is 1. The quantitative estimate of drug-likeness (QED) is 0.564. The summed E-state index contributed by atoms with van der Waals surface area (Å²) in [4.78, 5) is 24.1. The van der Waals surface area contributed by atoms with Gasteiger partial charge in [0.25, 0.3) is 11.5 Å². The lowest BCUT2D eigenvalue weighted by molar-refractivity contribution is 0.0953. The predicted molar refractivity (Wildman–Crippen MR) is 102 cm³/mol. The van der Waals surface area contributed by atoms with Crippen LogP contribution in [0.2, 0.25) is 0 Å². The fourth-order valence-corrected chi connectivity index (χ4v) is 2.32. The first-order chi connectivity index (χ1) is 13.0. The summed E-state index contributed by atoms with van der Waals surface area (Å²) in [7, 11) is 4.63. The van der Waals surface area contributed by atoms with Crippen LogP contribution in [0.15, 0.2) is 40.4 Å². The van der Waals surface area contributed by atoms with Crippen LogP contribution in [0.1, 0.15) is 29.3 Å². The number of carbonyl (C=O) groups excluding carboxylic acids is 1. The van der Waals surface area contributed by atoms with E-state index in [0.717, 1.165) is 6.42 Å². The fraction of sp³-hybridized carbons (Fsp3) is 0.316. The van der Waals surface area contributed by atoms with Gasteiger partial charge in [-0.15, -0.1) is 0 Å². The van der Waals surface area contributed by atoms with Crippen LogP contribution < -0.4 is 25.2 Å². The Balaban J connectivity index is 2.20. The predicted octanol–water partition coefficient (Wildman–Crippen LogP) is 1.96. The van der Waals surface area contributed by atoms with E-state index >= 15 is 0 Å². The highest BCUT2D eigenvalue weighted by molar-refractivity contribution is 5.94. The molecule has 0 atom stereocenters. The maximum absolute atomic E-state index is 12.1. The number of ether oxygens (including phenoxy) is 3. The largest absolute Gasteiger partial charge is 0.493 e. The van der Waals surface area contributed by atoms with Gasteiger partial charge in [0.05, 0.1) is 27.0 Å². The average molecular weight is 373 g/mol. The topological polar surface area (TPSA) is 91.1 Å². The lowest BCUT2D eigenvalue weighted by Crippen LogP contribution is -2.29. The molecular weight excluding hydrogens is 350 g/mol. The fourth-order valence-electron chi connectivity index (χ4n) is 2.32. The maximum atomic E-state index is 12.1.